The van der Waals surface area contributed by atoms with Crippen LogP contribution < -0.4 is 0 Å². The Morgan fingerprint density at radius 3 is 2.36 bits per heavy atom. The van der Waals surface area contributed by atoms with Gasteiger partial charge in [0.15, 0.2) is 0 Å². The number of ether oxygens (including phenoxy) is 2. The zero-order valence-corrected chi connectivity index (χ0v) is 8.88. The van der Waals surface area contributed by atoms with Crippen LogP contribution >= 0.6 is 0 Å². The van der Waals surface area contributed by atoms with Crippen LogP contribution in [0.5, 0.6) is 0 Å². The van der Waals surface area contributed by atoms with E-state index in [0.717, 1.165) is 0 Å². The summed E-state index contributed by atoms with van der Waals surface area (Å²) in [5.74, 6) is -0.0545. The van der Waals surface area contributed by atoms with Gasteiger partial charge in [0.25, 0.3) is 0 Å². The maximum atomic E-state index is 11.1. The average Bonchev–Trinajstić information content (AvgIpc) is 2.17. The number of carbonyl (C=O) groups excluding carboxylic acids is 2. The minimum absolute atomic E-state index is 0.00751. The molecule has 0 heterocycles. The van der Waals surface area contributed by atoms with Crippen LogP contribution in [0, 0.1) is 0 Å². The van der Waals surface area contributed by atoms with Crippen molar-refractivity contribution in [1.29, 1.82) is 0 Å². The second kappa shape index (κ2) is 8.84. The Morgan fingerprint density at radius 1 is 1.07 bits per heavy atom. The van der Waals surface area contributed by atoms with E-state index in [1.54, 1.807) is 14.0 Å². The highest BCUT2D eigenvalue weighted by Crippen LogP contribution is 1.95. The van der Waals surface area contributed by atoms with Crippen molar-refractivity contribution in [3.05, 3.63) is 0 Å². The third kappa shape index (κ3) is 7.89. The van der Waals surface area contributed by atoms with Crippen molar-refractivity contribution >= 4 is 11.6 Å². The first-order chi connectivity index (χ1) is 6.70. The smallest absolute Gasteiger partial charge is 0.142 e. The van der Waals surface area contributed by atoms with E-state index in [1.807, 2.05) is 0 Å². The van der Waals surface area contributed by atoms with Gasteiger partial charge in [-0.25, -0.2) is 0 Å². The molecule has 0 aliphatic carbocycles. The predicted molar refractivity (Wildman–Crippen MR) is 52.2 cm³/mol. The van der Waals surface area contributed by atoms with E-state index in [9.17, 15) is 9.59 Å². The van der Waals surface area contributed by atoms with Gasteiger partial charge >= 0.3 is 0 Å². The van der Waals surface area contributed by atoms with Gasteiger partial charge < -0.3 is 9.47 Å². The summed E-state index contributed by atoms with van der Waals surface area (Å²) in [6.07, 6.45) is 0.788. The molecule has 0 spiro atoms. The summed E-state index contributed by atoms with van der Waals surface area (Å²) in [6.45, 7) is 3.15. The van der Waals surface area contributed by atoms with Gasteiger partial charge in [0.2, 0.25) is 0 Å². The van der Waals surface area contributed by atoms with Crippen molar-refractivity contribution < 1.29 is 19.1 Å². The highest BCUT2D eigenvalue weighted by atomic mass is 16.5. The molecule has 0 aromatic rings. The fraction of sp³-hybridized carbons (Fsp3) is 0.800. The molecule has 0 rings (SSSR count). The molecule has 0 fully saturated rings. The number of rotatable bonds is 9. The Kier molecular flexibility index (Phi) is 8.37. The van der Waals surface area contributed by atoms with Crippen LogP contribution in [0.25, 0.3) is 0 Å². The molecule has 82 valence electrons. The molecule has 14 heavy (non-hydrogen) atoms. The number of hydrogen-bond donors (Lipinski definition) is 0. The van der Waals surface area contributed by atoms with Crippen molar-refractivity contribution in [2.24, 2.45) is 0 Å². The van der Waals surface area contributed by atoms with E-state index in [0.29, 0.717) is 32.7 Å². The maximum Gasteiger partial charge on any atom is 0.142 e. The van der Waals surface area contributed by atoms with E-state index >= 15 is 0 Å². The summed E-state index contributed by atoms with van der Waals surface area (Å²) in [4.78, 5) is 22.0. The van der Waals surface area contributed by atoms with Crippen molar-refractivity contribution in [3.8, 4) is 0 Å². The third-order valence-electron chi connectivity index (χ3n) is 1.75. The third-order valence-corrected chi connectivity index (χ3v) is 1.75. The monoisotopic (exact) mass is 202 g/mol. The summed E-state index contributed by atoms with van der Waals surface area (Å²) < 4.78 is 9.87. The van der Waals surface area contributed by atoms with Crippen LogP contribution in [0.3, 0.4) is 0 Å². The number of Topliss-reactive ketones (excluding diaryl/α,β-unsaturated/α-hetero) is 2. The fourth-order valence-electron chi connectivity index (χ4n) is 0.864. The normalized spacial score (nSPS) is 10.1. The van der Waals surface area contributed by atoms with Gasteiger partial charge in [-0.05, 0) is 0 Å². The first-order valence-corrected chi connectivity index (χ1v) is 4.80. The molecule has 0 atom stereocenters. The average molecular weight is 202 g/mol. The van der Waals surface area contributed by atoms with E-state index in [4.69, 9.17) is 9.47 Å². The van der Waals surface area contributed by atoms with Gasteiger partial charge in [-0.1, -0.05) is 6.92 Å². The molecule has 0 aliphatic heterocycles. The summed E-state index contributed by atoms with van der Waals surface area (Å²) in [6, 6.07) is 0. The Morgan fingerprint density at radius 2 is 1.79 bits per heavy atom. The molecule has 0 N–H and O–H groups in total. The Hall–Kier alpha value is -0.740. The lowest BCUT2D eigenvalue weighted by Crippen LogP contribution is -2.11. The van der Waals surface area contributed by atoms with Crippen LogP contribution in [-0.4, -0.2) is 38.5 Å². The second-order valence-corrected chi connectivity index (χ2v) is 2.96. The maximum absolute atomic E-state index is 11.1. The summed E-state index contributed by atoms with van der Waals surface area (Å²) in [7, 11) is 1.59. The molecule has 4 nitrogen and oxygen atoms in total. The molecule has 4 heteroatoms. The lowest BCUT2D eigenvalue weighted by Gasteiger charge is -2.02. The number of methoxy groups -OCH3 is 1. The highest BCUT2D eigenvalue weighted by molar-refractivity contribution is 5.98. The molecule has 0 radical (unpaired) electrons. The van der Waals surface area contributed by atoms with Crippen molar-refractivity contribution in [3.63, 3.8) is 0 Å². The topological polar surface area (TPSA) is 52.6 Å². The molecule has 0 aliphatic rings. The molecule has 0 unspecified atom stereocenters. The first kappa shape index (κ1) is 13.3. The molecule has 0 aromatic carbocycles. The SMILES string of the molecule is CCC(=O)CC(=O)CCOCCOC. The van der Waals surface area contributed by atoms with Gasteiger partial charge in [0, 0.05) is 20.0 Å². The second-order valence-electron chi connectivity index (χ2n) is 2.96. The summed E-state index contributed by atoms with van der Waals surface area (Å²) in [5.41, 5.74) is 0. The fourth-order valence-corrected chi connectivity index (χ4v) is 0.864. The Labute approximate surface area is 84.6 Å². The van der Waals surface area contributed by atoms with E-state index in [-0.39, 0.29) is 18.0 Å². The first-order valence-electron chi connectivity index (χ1n) is 4.80. The van der Waals surface area contributed by atoms with Crippen molar-refractivity contribution in [2.45, 2.75) is 26.2 Å². The lowest BCUT2D eigenvalue weighted by molar-refractivity contribution is -0.127. The van der Waals surface area contributed by atoms with E-state index < -0.39 is 0 Å². The van der Waals surface area contributed by atoms with Crippen LogP contribution in [0.1, 0.15) is 26.2 Å². The van der Waals surface area contributed by atoms with Crippen molar-refractivity contribution in [2.75, 3.05) is 26.9 Å². The zero-order chi connectivity index (χ0) is 10.8. The van der Waals surface area contributed by atoms with Crippen LogP contribution in [0.15, 0.2) is 0 Å². The van der Waals surface area contributed by atoms with Gasteiger partial charge in [-0.3, -0.25) is 9.59 Å². The predicted octanol–water partition coefficient (Wildman–Crippen LogP) is 0.978. The van der Waals surface area contributed by atoms with Gasteiger partial charge in [-0.2, -0.15) is 0 Å². The molecule has 0 aromatic heterocycles. The van der Waals surface area contributed by atoms with E-state index in [2.05, 4.69) is 0 Å². The molecule has 0 bridgehead atoms. The molecule has 0 saturated carbocycles. The summed E-state index contributed by atoms with van der Waals surface area (Å²) in [5, 5.41) is 0. The minimum Gasteiger partial charge on any atom is -0.382 e. The molecular weight excluding hydrogens is 184 g/mol. The van der Waals surface area contributed by atoms with Gasteiger partial charge in [0.05, 0.1) is 26.2 Å². The van der Waals surface area contributed by atoms with Gasteiger partial charge in [0.1, 0.15) is 11.6 Å². The zero-order valence-electron chi connectivity index (χ0n) is 8.88. The Balaban J connectivity index is 3.31. The van der Waals surface area contributed by atoms with Gasteiger partial charge in [-0.15, -0.1) is 0 Å². The van der Waals surface area contributed by atoms with Crippen LogP contribution in [0.2, 0.25) is 0 Å². The largest absolute Gasteiger partial charge is 0.382 e. The number of hydrogen-bond acceptors (Lipinski definition) is 4. The van der Waals surface area contributed by atoms with Crippen molar-refractivity contribution in [1.82, 2.24) is 0 Å². The lowest BCUT2D eigenvalue weighted by atomic mass is 10.1. The number of ketones is 2. The van der Waals surface area contributed by atoms with Crippen LogP contribution in [0.4, 0.5) is 0 Å². The molecular formula is C10H18O4. The van der Waals surface area contributed by atoms with E-state index in [1.165, 1.54) is 0 Å². The van der Waals surface area contributed by atoms with Crippen LogP contribution in [-0.2, 0) is 19.1 Å². The standard InChI is InChI=1S/C10H18O4/c1-3-9(11)8-10(12)4-5-14-7-6-13-2/h3-8H2,1-2H3. The quantitative estimate of drug-likeness (QED) is 0.413. The minimum atomic E-state index is -0.0470. The molecule has 0 amide bonds. The Bertz CT molecular complexity index is 177. The highest BCUT2D eigenvalue weighted by Gasteiger charge is 2.06. The summed E-state index contributed by atoms with van der Waals surface area (Å²) >= 11 is 0. The number of carbonyl (C=O) groups is 2. The molecule has 0 saturated heterocycles.